The van der Waals surface area contributed by atoms with Gasteiger partial charge in [-0.25, -0.2) is 13.4 Å². The molecule has 1 aliphatic heterocycles. The minimum Gasteiger partial charge on any atom is -0.379 e. The number of benzene rings is 2. The number of thiazole rings is 1. The van der Waals surface area contributed by atoms with Crippen molar-refractivity contribution in [2.24, 2.45) is 0 Å². The highest BCUT2D eigenvalue weighted by atomic mass is 79.9. The summed E-state index contributed by atoms with van der Waals surface area (Å²) in [5.74, 6) is -0.203. The quantitative estimate of drug-likeness (QED) is 0.352. The van der Waals surface area contributed by atoms with Crippen LogP contribution in [0.1, 0.15) is 24.2 Å². The average molecular weight is 618 g/mol. The first-order valence-electron chi connectivity index (χ1n) is 11.6. The summed E-state index contributed by atoms with van der Waals surface area (Å²) >= 11 is 4.96. The third-order valence-corrected chi connectivity index (χ3v) is 9.51. The monoisotopic (exact) mass is 616 g/mol. The number of likely N-dealkylation sites (N-methyl/N-ethyl adjacent to an activating group) is 1. The molecule has 0 unspecified atom stereocenters. The van der Waals surface area contributed by atoms with E-state index in [1.54, 1.807) is 17.0 Å². The predicted octanol–water partition coefficient (Wildman–Crippen LogP) is 4.49. The first-order valence-corrected chi connectivity index (χ1v) is 14.7. The van der Waals surface area contributed by atoms with Crippen molar-refractivity contribution in [1.29, 1.82) is 0 Å². The fourth-order valence-electron chi connectivity index (χ4n) is 3.93. The van der Waals surface area contributed by atoms with Crippen molar-refractivity contribution in [3.05, 3.63) is 52.5 Å². The van der Waals surface area contributed by atoms with Crippen molar-refractivity contribution in [3.8, 4) is 0 Å². The maximum Gasteiger partial charge on any atom is 0.260 e. The summed E-state index contributed by atoms with van der Waals surface area (Å²) in [6, 6.07) is 12.0. The molecule has 12 heteroatoms. The van der Waals surface area contributed by atoms with Gasteiger partial charge in [-0.1, -0.05) is 41.1 Å². The van der Waals surface area contributed by atoms with E-state index in [2.05, 4.69) is 34.7 Å². The minimum absolute atomic E-state index is 0. The van der Waals surface area contributed by atoms with Crippen LogP contribution >= 0.6 is 39.7 Å². The summed E-state index contributed by atoms with van der Waals surface area (Å²) in [4.78, 5) is 22.5. The summed E-state index contributed by atoms with van der Waals surface area (Å²) in [5, 5.41) is 0.625. The molecule has 1 fully saturated rings. The molecule has 0 atom stereocenters. The Morgan fingerprint density at radius 3 is 2.39 bits per heavy atom. The molecule has 0 saturated carbocycles. The van der Waals surface area contributed by atoms with Gasteiger partial charge in [-0.05, 0) is 55.6 Å². The van der Waals surface area contributed by atoms with Gasteiger partial charge in [0.25, 0.3) is 5.91 Å². The van der Waals surface area contributed by atoms with Crippen molar-refractivity contribution in [2.45, 2.75) is 18.7 Å². The molecular formula is C24H30BrClN4O4S2. The normalized spacial score (nSPS) is 14.7. The van der Waals surface area contributed by atoms with E-state index < -0.39 is 10.0 Å². The molecule has 2 heterocycles. The van der Waals surface area contributed by atoms with Crippen molar-refractivity contribution in [3.63, 3.8) is 0 Å². The Morgan fingerprint density at radius 2 is 1.75 bits per heavy atom. The summed E-state index contributed by atoms with van der Waals surface area (Å²) in [7, 11) is -3.62. The number of carbonyl (C=O) groups is 1. The minimum atomic E-state index is -3.62. The van der Waals surface area contributed by atoms with Crippen molar-refractivity contribution in [2.75, 3.05) is 57.4 Å². The summed E-state index contributed by atoms with van der Waals surface area (Å²) < 4.78 is 34.5. The topological polar surface area (TPSA) is 83.1 Å². The lowest BCUT2D eigenvalue weighted by molar-refractivity contribution is 0.0730. The van der Waals surface area contributed by atoms with Crippen molar-refractivity contribution < 1.29 is 17.9 Å². The Balaban J connectivity index is 0.00000361. The van der Waals surface area contributed by atoms with E-state index in [4.69, 9.17) is 9.72 Å². The van der Waals surface area contributed by atoms with E-state index in [0.717, 1.165) is 27.8 Å². The number of rotatable bonds is 9. The number of morpholine rings is 1. The second kappa shape index (κ2) is 12.8. The van der Waals surface area contributed by atoms with E-state index in [1.807, 2.05) is 18.2 Å². The fraction of sp³-hybridized carbons (Fsp3) is 0.417. The number of hydrogen-bond donors (Lipinski definition) is 0. The van der Waals surface area contributed by atoms with Gasteiger partial charge in [-0.3, -0.25) is 9.69 Å². The lowest BCUT2D eigenvalue weighted by Crippen LogP contribution is -2.40. The number of amides is 1. The lowest BCUT2D eigenvalue weighted by atomic mass is 10.2. The molecule has 1 saturated heterocycles. The molecule has 0 N–H and O–H groups in total. The number of carbonyl (C=O) groups excluding carboxylic acids is 1. The number of nitrogens with zero attached hydrogens (tertiary/aromatic N) is 4. The van der Waals surface area contributed by atoms with E-state index >= 15 is 0 Å². The van der Waals surface area contributed by atoms with Crippen LogP contribution < -0.4 is 4.90 Å². The van der Waals surface area contributed by atoms with Crippen molar-refractivity contribution >= 4 is 71.0 Å². The number of ether oxygens (including phenoxy) is 1. The molecule has 1 aromatic heterocycles. The molecule has 1 amide bonds. The lowest BCUT2D eigenvalue weighted by Gasteiger charge is -2.26. The van der Waals surface area contributed by atoms with Crippen LogP contribution in [0.2, 0.25) is 0 Å². The van der Waals surface area contributed by atoms with Gasteiger partial charge < -0.3 is 9.64 Å². The van der Waals surface area contributed by atoms with E-state index in [0.29, 0.717) is 50.1 Å². The van der Waals surface area contributed by atoms with Crippen LogP contribution in [0.25, 0.3) is 10.2 Å². The van der Waals surface area contributed by atoms with Gasteiger partial charge in [0, 0.05) is 36.2 Å². The molecule has 1 aliphatic rings. The van der Waals surface area contributed by atoms with Gasteiger partial charge >= 0.3 is 0 Å². The Bertz CT molecular complexity index is 1280. The van der Waals surface area contributed by atoms with Crippen LogP contribution in [0.3, 0.4) is 0 Å². The first kappa shape index (κ1) is 29.0. The standard InChI is InChI=1S/C24H29BrN4O4S2.ClH/c1-3-27(4-2)11-12-29(24-26-21-10-7-19(25)17-22(21)34-24)23(30)18-5-8-20(9-6-18)35(31,32)28-13-15-33-16-14-28;/h5-10,17H,3-4,11-16H2,1-2H3;1H. The van der Waals surface area contributed by atoms with Crippen LogP contribution in [0.5, 0.6) is 0 Å². The Morgan fingerprint density at radius 1 is 1.08 bits per heavy atom. The molecule has 2 aromatic carbocycles. The maximum atomic E-state index is 13.6. The van der Waals surface area contributed by atoms with Crippen LogP contribution in [0, 0.1) is 0 Å². The average Bonchev–Trinajstić information content (AvgIpc) is 3.29. The summed E-state index contributed by atoms with van der Waals surface area (Å²) in [6.07, 6.45) is 0. The van der Waals surface area contributed by atoms with Crippen LogP contribution in [0.4, 0.5) is 5.13 Å². The largest absolute Gasteiger partial charge is 0.379 e. The van der Waals surface area contributed by atoms with Crippen LogP contribution in [-0.4, -0.2) is 81.0 Å². The highest BCUT2D eigenvalue weighted by Gasteiger charge is 2.27. The van der Waals surface area contributed by atoms with Crippen molar-refractivity contribution in [1.82, 2.24) is 14.2 Å². The Kier molecular flexibility index (Phi) is 10.3. The molecular weight excluding hydrogens is 588 g/mol. The number of anilines is 1. The zero-order valence-electron chi connectivity index (χ0n) is 20.2. The maximum absolute atomic E-state index is 13.6. The Hall–Kier alpha value is -1.60. The highest BCUT2D eigenvalue weighted by Crippen LogP contribution is 2.32. The fourth-order valence-corrected chi connectivity index (χ4v) is 6.88. The van der Waals surface area contributed by atoms with Crippen LogP contribution in [0.15, 0.2) is 51.8 Å². The molecule has 0 radical (unpaired) electrons. The number of hydrogen-bond acceptors (Lipinski definition) is 7. The van der Waals surface area contributed by atoms with Gasteiger partial charge in [0.15, 0.2) is 5.13 Å². The summed E-state index contributed by atoms with van der Waals surface area (Å²) in [6.45, 7) is 8.59. The second-order valence-electron chi connectivity index (χ2n) is 8.13. The van der Waals surface area contributed by atoms with E-state index in [-0.39, 0.29) is 23.2 Å². The van der Waals surface area contributed by atoms with Gasteiger partial charge in [-0.2, -0.15) is 4.31 Å². The number of aromatic nitrogens is 1. The zero-order chi connectivity index (χ0) is 25.0. The molecule has 0 bridgehead atoms. The highest BCUT2D eigenvalue weighted by molar-refractivity contribution is 9.10. The Labute approximate surface area is 230 Å². The number of fused-ring (bicyclic) bond motifs is 1. The molecule has 8 nitrogen and oxygen atoms in total. The third-order valence-electron chi connectivity index (χ3n) is 6.06. The third kappa shape index (κ3) is 6.45. The predicted molar refractivity (Wildman–Crippen MR) is 150 cm³/mol. The first-order chi connectivity index (χ1) is 16.8. The molecule has 4 rings (SSSR count). The molecule has 0 spiro atoms. The SMILES string of the molecule is CCN(CC)CCN(C(=O)c1ccc(S(=O)(=O)N2CCOCC2)cc1)c1nc2ccc(Br)cc2s1.Cl. The number of sulfonamides is 1. The zero-order valence-corrected chi connectivity index (χ0v) is 24.3. The molecule has 36 heavy (non-hydrogen) atoms. The van der Waals surface area contributed by atoms with Gasteiger partial charge in [0.1, 0.15) is 0 Å². The van der Waals surface area contributed by atoms with Crippen LogP contribution in [-0.2, 0) is 14.8 Å². The summed E-state index contributed by atoms with van der Waals surface area (Å²) in [5.41, 5.74) is 1.26. The second-order valence-corrected chi connectivity index (χ2v) is 12.0. The smallest absolute Gasteiger partial charge is 0.260 e. The number of halogens is 2. The van der Waals surface area contributed by atoms with E-state index in [1.165, 1.54) is 27.8 Å². The van der Waals surface area contributed by atoms with Gasteiger partial charge in [-0.15, -0.1) is 12.4 Å². The molecule has 0 aliphatic carbocycles. The van der Waals surface area contributed by atoms with Gasteiger partial charge in [0.2, 0.25) is 10.0 Å². The molecule has 196 valence electrons. The molecule has 3 aromatic rings. The van der Waals surface area contributed by atoms with Gasteiger partial charge in [0.05, 0.1) is 28.3 Å². The van der Waals surface area contributed by atoms with E-state index in [9.17, 15) is 13.2 Å².